The van der Waals surface area contributed by atoms with Gasteiger partial charge >= 0.3 is 0 Å². The van der Waals surface area contributed by atoms with E-state index < -0.39 is 0 Å². The Balaban J connectivity index is 2.85. The number of carbonyl (C=O) groups excluding carboxylic acids is 1. The second-order valence-electron chi connectivity index (χ2n) is 3.55. The van der Waals surface area contributed by atoms with Crippen LogP contribution in [0.3, 0.4) is 0 Å². The number of carbonyl (C=O) groups is 1. The predicted molar refractivity (Wildman–Crippen MR) is 55.5 cm³/mol. The smallest absolute Gasteiger partial charge is 0.180 e. The number of ketones is 1. The Morgan fingerprint density at radius 2 is 2.14 bits per heavy atom. The first-order chi connectivity index (χ1) is 6.59. The lowest BCUT2D eigenvalue weighted by Gasteiger charge is -1.94. The highest BCUT2D eigenvalue weighted by atomic mass is 16.1. The molecule has 0 N–H and O–H groups in total. The number of aryl methyl sites for hydroxylation is 2. The summed E-state index contributed by atoms with van der Waals surface area (Å²) in [4.78, 5) is 11.3. The number of Topliss-reactive ketones (excluding diaryl/α,β-unsaturated/α-hetero) is 1. The maximum absolute atomic E-state index is 11.3. The number of benzene rings is 1. The Kier molecular flexibility index (Phi) is 1.88. The Morgan fingerprint density at radius 3 is 2.79 bits per heavy atom. The maximum atomic E-state index is 11.3. The zero-order valence-corrected chi connectivity index (χ0v) is 8.53. The molecule has 0 amide bonds. The van der Waals surface area contributed by atoms with E-state index in [0.29, 0.717) is 5.69 Å². The minimum Gasteiger partial charge on any atom is -0.293 e. The monoisotopic (exact) mass is 188 g/mol. The van der Waals surface area contributed by atoms with Crippen molar-refractivity contribution in [2.45, 2.75) is 13.8 Å². The zero-order valence-electron chi connectivity index (χ0n) is 8.53. The van der Waals surface area contributed by atoms with E-state index in [1.807, 2.05) is 32.2 Å². The van der Waals surface area contributed by atoms with Crippen LogP contribution in [0.25, 0.3) is 10.9 Å². The van der Waals surface area contributed by atoms with Crippen molar-refractivity contribution in [3.63, 3.8) is 0 Å². The third-order valence-corrected chi connectivity index (χ3v) is 2.34. The average molecular weight is 188 g/mol. The molecular formula is C11H12N2O. The molecule has 0 aliphatic heterocycles. The van der Waals surface area contributed by atoms with Gasteiger partial charge in [-0.25, -0.2) is 0 Å². The Labute approximate surface area is 82.3 Å². The van der Waals surface area contributed by atoms with E-state index in [1.54, 1.807) is 11.6 Å². The van der Waals surface area contributed by atoms with E-state index in [0.717, 1.165) is 16.5 Å². The normalized spacial score (nSPS) is 10.8. The topological polar surface area (TPSA) is 34.9 Å². The summed E-state index contributed by atoms with van der Waals surface area (Å²) in [6.45, 7) is 3.56. The van der Waals surface area contributed by atoms with Gasteiger partial charge in [0.1, 0.15) is 5.69 Å². The Morgan fingerprint density at radius 1 is 1.43 bits per heavy atom. The number of rotatable bonds is 1. The number of hydrogen-bond acceptors (Lipinski definition) is 2. The Hall–Kier alpha value is -1.64. The molecule has 0 atom stereocenters. The maximum Gasteiger partial charge on any atom is 0.180 e. The predicted octanol–water partition coefficient (Wildman–Crippen LogP) is 2.08. The number of nitrogens with zero attached hydrogens (tertiary/aromatic N) is 2. The van der Waals surface area contributed by atoms with Crippen LogP contribution in [0.5, 0.6) is 0 Å². The van der Waals surface area contributed by atoms with Gasteiger partial charge in [-0.05, 0) is 19.1 Å². The molecule has 0 saturated carbocycles. The van der Waals surface area contributed by atoms with Crippen LogP contribution in [0.1, 0.15) is 23.0 Å². The van der Waals surface area contributed by atoms with Crippen LogP contribution in [0.4, 0.5) is 0 Å². The molecule has 2 rings (SSSR count). The number of fused-ring (bicyclic) bond motifs is 1. The molecule has 0 bridgehead atoms. The summed E-state index contributed by atoms with van der Waals surface area (Å²) in [6, 6.07) is 6.01. The molecule has 1 aromatic heterocycles. The molecule has 0 aliphatic rings. The van der Waals surface area contributed by atoms with Gasteiger partial charge in [0.25, 0.3) is 0 Å². The van der Waals surface area contributed by atoms with E-state index >= 15 is 0 Å². The molecule has 0 spiro atoms. The quantitative estimate of drug-likeness (QED) is 0.642. The lowest BCUT2D eigenvalue weighted by molar-refractivity contribution is 0.101. The molecule has 0 radical (unpaired) electrons. The molecule has 0 fully saturated rings. The van der Waals surface area contributed by atoms with Crippen LogP contribution in [-0.2, 0) is 7.05 Å². The van der Waals surface area contributed by atoms with Gasteiger partial charge in [0.2, 0.25) is 0 Å². The molecular weight excluding hydrogens is 176 g/mol. The van der Waals surface area contributed by atoms with Crippen molar-refractivity contribution in [2.24, 2.45) is 7.05 Å². The minimum atomic E-state index is 0.0150. The second-order valence-corrected chi connectivity index (χ2v) is 3.55. The van der Waals surface area contributed by atoms with E-state index in [9.17, 15) is 4.79 Å². The lowest BCUT2D eigenvalue weighted by Crippen LogP contribution is -1.95. The van der Waals surface area contributed by atoms with Crippen LogP contribution in [0.2, 0.25) is 0 Å². The lowest BCUT2D eigenvalue weighted by atomic mass is 10.1. The third kappa shape index (κ3) is 1.21. The van der Waals surface area contributed by atoms with Crippen LogP contribution in [0.15, 0.2) is 18.2 Å². The number of hydrogen-bond donors (Lipinski definition) is 0. The summed E-state index contributed by atoms with van der Waals surface area (Å²) in [5.41, 5.74) is 2.71. The molecule has 14 heavy (non-hydrogen) atoms. The fourth-order valence-electron chi connectivity index (χ4n) is 1.64. The summed E-state index contributed by atoms with van der Waals surface area (Å²) in [7, 11) is 1.85. The van der Waals surface area contributed by atoms with Gasteiger partial charge in [0.15, 0.2) is 5.78 Å². The van der Waals surface area contributed by atoms with E-state index in [4.69, 9.17) is 0 Å². The van der Waals surface area contributed by atoms with Crippen LogP contribution >= 0.6 is 0 Å². The van der Waals surface area contributed by atoms with Gasteiger partial charge < -0.3 is 0 Å². The van der Waals surface area contributed by atoms with Crippen LogP contribution in [0, 0.1) is 6.92 Å². The summed E-state index contributed by atoms with van der Waals surface area (Å²) in [6.07, 6.45) is 0. The first-order valence-electron chi connectivity index (χ1n) is 4.54. The summed E-state index contributed by atoms with van der Waals surface area (Å²) in [5, 5.41) is 5.14. The molecule has 3 heteroatoms. The molecule has 0 saturated heterocycles. The molecule has 1 heterocycles. The first kappa shape index (κ1) is 8.94. The van der Waals surface area contributed by atoms with Crippen molar-refractivity contribution in [1.29, 1.82) is 0 Å². The van der Waals surface area contributed by atoms with E-state index in [1.165, 1.54) is 0 Å². The highest BCUT2D eigenvalue weighted by Crippen LogP contribution is 2.19. The minimum absolute atomic E-state index is 0.0150. The van der Waals surface area contributed by atoms with Crippen molar-refractivity contribution in [3.8, 4) is 0 Å². The first-order valence-corrected chi connectivity index (χ1v) is 4.54. The van der Waals surface area contributed by atoms with Crippen molar-refractivity contribution in [3.05, 3.63) is 29.5 Å². The fourth-order valence-corrected chi connectivity index (χ4v) is 1.64. The average Bonchev–Trinajstić information content (AvgIpc) is 2.43. The van der Waals surface area contributed by atoms with Gasteiger partial charge in [0.05, 0.1) is 5.52 Å². The zero-order chi connectivity index (χ0) is 10.3. The van der Waals surface area contributed by atoms with Crippen molar-refractivity contribution in [2.75, 3.05) is 0 Å². The van der Waals surface area contributed by atoms with E-state index in [-0.39, 0.29) is 5.78 Å². The molecule has 1 aromatic carbocycles. The van der Waals surface area contributed by atoms with Crippen molar-refractivity contribution < 1.29 is 4.79 Å². The summed E-state index contributed by atoms with van der Waals surface area (Å²) >= 11 is 0. The van der Waals surface area contributed by atoms with Crippen molar-refractivity contribution in [1.82, 2.24) is 9.78 Å². The molecule has 72 valence electrons. The van der Waals surface area contributed by atoms with Gasteiger partial charge in [-0.2, -0.15) is 5.10 Å². The SMILES string of the molecule is CC(=O)c1nn(C)c2ccc(C)cc12. The Bertz CT molecular complexity index is 511. The third-order valence-electron chi connectivity index (χ3n) is 2.34. The summed E-state index contributed by atoms with van der Waals surface area (Å²) in [5.74, 6) is 0.0150. The highest BCUT2D eigenvalue weighted by Gasteiger charge is 2.11. The second kappa shape index (κ2) is 2.94. The molecule has 2 aromatic rings. The standard InChI is InChI=1S/C11H12N2O/c1-7-4-5-10-9(6-7)11(8(2)14)12-13(10)3/h4-6H,1-3H3. The number of aromatic nitrogens is 2. The molecule has 0 unspecified atom stereocenters. The molecule has 0 aliphatic carbocycles. The van der Waals surface area contributed by atoms with Crippen molar-refractivity contribution >= 4 is 16.7 Å². The van der Waals surface area contributed by atoms with E-state index in [2.05, 4.69) is 5.10 Å². The van der Waals surface area contributed by atoms with Gasteiger partial charge in [-0.1, -0.05) is 11.6 Å². The van der Waals surface area contributed by atoms with Gasteiger partial charge in [-0.3, -0.25) is 9.48 Å². The highest BCUT2D eigenvalue weighted by molar-refractivity contribution is 6.04. The largest absolute Gasteiger partial charge is 0.293 e. The fraction of sp³-hybridized carbons (Fsp3) is 0.273. The van der Waals surface area contributed by atoms with Gasteiger partial charge in [-0.15, -0.1) is 0 Å². The summed E-state index contributed by atoms with van der Waals surface area (Å²) < 4.78 is 1.74. The molecule has 3 nitrogen and oxygen atoms in total. The van der Waals surface area contributed by atoms with Gasteiger partial charge in [0, 0.05) is 19.4 Å². The van der Waals surface area contributed by atoms with Crippen LogP contribution in [-0.4, -0.2) is 15.6 Å². The van der Waals surface area contributed by atoms with Crippen LogP contribution < -0.4 is 0 Å².